The van der Waals surface area contributed by atoms with Crippen molar-refractivity contribution in [2.24, 2.45) is 5.92 Å². The zero-order valence-corrected chi connectivity index (χ0v) is 12.6. The van der Waals surface area contributed by atoms with Crippen molar-refractivity contribution in [2.45, 2.75) is 13.8 Å². The predicted octanol–water partition coefficient (Wildman–Crippen LogP) is 2.56. The number of carbonyl (C=O) groups excluding carboxylic acids is 1. The number of hydrogen-bond donors (Lipinski definition) is 2. The standard InChI is InChI=1S/C13H20BrN3O/c1-9(2)7-17(3)8-13(18)16-12-5-4-10(15)6-11(12)14/h4-6,9H,7-8,15H2,1-3H3,(H,16,18). The number of nitrogen functional groups attached to an aromatic ring is 1. The maximum Gasteiger partial charge on any atom is 0.238 e. The van der Waals surface area contributed by atoms with E-state index in [0.717, 1.165) is 16.7 Å². The van der Waals surface area contributed by atoms with E-state index < -0.39 is 0 Å². The normalized spacial score (nSPS) is 11.0. The molecule has 100 valence electrons. The number of carbonyl (C=O) groups is 1. The Morgan fingerprint density at radius 1 is 1.50 bits per heavy atom. The second-order valence-electron chi connectivity index (χ2n) is 4.88. The number of nitrogens with one attached hydrogen (secondary N) is 1. The van der Waals surface area contributed by atoms with Gasteiger partial charge in [0.05, 0.1) is 12.2 Å². The van der Waals surface area contributed by atoms with Gasteiger partial charge in [0, 0.05) is 16.7 Å². The van der Waals surface area contributed by atoms with Crippen molar-refractivity contribution in [1.82, 2.24) is 4.90 Å². The Kier molecular flexibility index (Phi) is 5.62. The molecule has 1 aromatic carbocycles. The maximum absolute atomic E-state index is 11.8. The molecule has 0 radical (unpaired) electrons. The molecule has 0 spiro atoms. The first kappa shape index (κ1) is 15.0. The maximum atomic E-state index is 11.8. The van der Waals surface area contributed by atoms with E-state index in [4.69, 9.17) is 5.73 Å². The fraction of sp³-hybridized carbons (Fsp3) is 0.462. The third-order valence-electron chi connectivity index (χ3n) is 2.36. The smallest absolute Gasteiger partial charge is 0.238 e. The molecule has 18 heavy (non-hydrogen) atoms. The van der Waals surface area contributed by atoms with Crippen LogP contribution in [0.25, 0.3) is 0 Å². The number of hydrogen-bond acceptors (Lipinski definition) is 3. The summed E-state index contributed by atoms with van der Waals surface area (Å²) in [6.07, 6.45) is 0. The Hall–Kier alpha value is -1.07. The molecule has 0 fully saturated rings. The summed E-state index contributed by atoms with van der Waals surface area (Å²) in [7, 11) is 1.94. The van der Waals surface area contributed by atoms with Gasteiger partial charge in [0.25, 0.3) is 0 Å². The fourth-order valence-corrected chi connectivity index (χ4v) is 2.25. The van der Waals surface area contributed by atoms with Crippen molar-refractivity contribution in [3.63, 3.8) is 0 Å². The van der Waals surface area contributed by atoms with E-state index >= 15 is 0 Å². The average molecular weight is 314 g/mol. The molecule has 5 heteroatoms. The lowest BCUT2D eigenvalue weighted by atomic mass is 10.2. The van der Waals surface area contributed by atoms with Gasteiger partial charge in [-0.3, -0.25) is 9.69 Å². The average Bonchev–Trinajstić information content (AvgIpc) is 2.20. The number of nitrogens with two attached hydrogens (primary N) is 1. The van der Waals surface area contributed by atoms with E-state index in [1.54, 1.807) is 18.2 Å². The Morgan fingerprint density at radius 3 is 2.72 bits per heavy atom. The zero-order valence-electron chi connectivity index (χ0n) is 11.0. The summed E-state index contributed by atoms with van der Waals surface area (Å²) in [6.45, 7) is 5.54. The van der Waals surface area contributed by atoms with Crippen LogP contribution in [0.1, 0.15) is 13.8 Å². The topological polar surface area (TPSA) is 58.4 Å². The van der Waals surface area contributed by atoms with Gasteiger partial charge in [0.15, 0.2) is 0 Å². The van der Waals surface area contributed by atoms with Crippen LogP contribution in [0.2, 0.25) is 0 Å². The lowest BCUT2D eigenvalue weighted by Gasteiger charge is -2.18. The number of likely N-dealkylation sites (N-methyl/N-ethyl adjacent to an activating group) is 1. The summed E-state index contributed by atoms with van der Waals surface area (Å²) < 4.78 is 0.794. The molecule has 0 aliphatic heterocycles. The van der Waals surface area contributed by atoms with Crippen LogP contribution < -0.4 is 11.1 Å². The van der Waals surface area contributed by atoms with Crippen LogP contribution in [0.5, 0.6) is 0 Å². The highest BCUT2D eigenvalue weighted by atomic mass is 79.9. The van der Waals surface area contributed by atoms with Gasteiger partial charge >= 0.3 is 0 Å². The Balaban J connectivity index is 2.54. The van der Waals surface area contributed by atoms with E-state index in [1.807, 2.05) is 11.9 Å². The number of anilines is 2. The summed E-state index contributed by atoms with van der Waals surface area (Å²) in [5, 5.41) is 2.86. The molecule has 1 aromatic rings. The molecule has 0 heterocycles. The van der Waals surface area contributed by atoms with E-state index in [2.05, 4.69) is 35.1 Å². The molecule has 0 aliphatic carbocycles. The largest absolute Gasteiger partial charge is 0.399 e. The first-order chi connectivity index (χ1) is 8.38. The monoisotopic (exact) mass is 313 g/mol. The van der Waals surface area contributed by atoms with Gasteiger partial charge in [-0.1, -0.05) is 13.8 Å². The molecule has 0 saturated heterocycles. The summed E-state index contributed by atoms with van der Waals surface area (Å²) in [6, 6.07) is 5.32. The van der Waals surface area contributed by atoms with E-state index in [0.29, 0.717) is 18.2 Å². The van der Waals surface area contributed by atoms with Gasteiger partial charge < -0.3 is 11.1 Å². The molecule has 0 aromatic heterocycles. The van der Waals surface area contributed by atoms with Gasteiger partial charge in [-0.15, -0.1) is 0 Å². The zero-order chi connectivity index (χ0) is 13.7. The molecule has 1 amide bonds. The Labute approximate surface area is 117 Å². The number of rotatable bonds is 5. The van der Waals surface area contributed by atoms with Gasteiger partial charge in [0.2, 0.25) is 5.91 Å². The minimum atomic E-state index is -0.0244. The van der Waals surface area contributed by atoms with Crippen molar-refractivity contribution < 1.29 is 4.79 Å². The lowest BCUT2D eigenvalue weighted by Crippen LogP contribution is -2.32. The quantitative estimate of drug-likeness (QED) is 0.821. The van der Waals surface area contributed by atoms with E-state index in [1.165, 1.54) is 0 Å². The molecule has 0 bridgehead atoms. The summed E-state index contributed by atoms with van der Waals surface area (Å²) in [4.78, 5) is 13.8. The van der Waals surface area contributed by atoms with Gasteiger partial charge in [-0.05, 0) is 47.1 Å². The van der Waals surface area contributed by atoms with E-state index in [9.17, 15) is 4.79 Å². The van der Waals surface area contributed by atoms with Crippen molar-refractivity contribution in [2.75, 3.05) is 31.2 Å². The highest BCUT2D eigenvalue weighted by Crippen LogP contribution is 2.24. The SMILES string of the molecule is CC(C)CN(C)CC(=O)Nc1ccc(N)cc1Br. The molecule has 1 rings (SSSR count). The number of benzene rings is 1. The van der Waals surface area contributed by atoms with Crippen LogP contribution in [0.4, 0.5) is 11.4 Å². The highest BCUT2D eigenvalue weighted by Gasteiger charge is 2.09. The van der Waals surface area contributed by atoms with Gasteiger partial charge in [-0.25, -0.2) is 0 Å². The van der Waals surface area contributed by atoms with Gasteiger partial charge in [0.1, 0.15) is 0 Å². The molecule has 0 saturated carbocycles. The number of nitrogens with zero attached hydrogens (tertiary/aromatic N) is 1. The van der Waals surface area contributed by atoms with Gasteiger partial charge in [-0.2, -0.15) is 0 Å². The highest BCUT2D eigenvalue weighted by molar-refractivity contribution is 9.10. The molecule has 0 unspecified atom stereocenters. The van der Waals surface area contributed by atoms with Crippen LogP contribution >= 0.6 is 15.9 Å². The third kappa shape index (κ3) is 5.06. The first-order valence-corrected chi connectivity index (χ1v) is 6.71. The Morgan fingerprint density at radius 2 is 2.17 bits per heavy atom. The van der Waals surface area contributed by atoms with Crippen LogP contribution in [0, 0.1) is 5.92 Å². The van der Waals surface area contributed by atoms with Crippen LogP contribution in [-0.4, -0.2) is 30.9 Å². The molecule has 0 aliphatic rings. The molecular formula is C13H20BrN3O. The fourth-order valence-electron chi connectivity index (χ4n) is 1.76. The van der Waals surface area contributed by atoms with Crippen LogP contribution in [0.15, 0.2) is 22.7 Å². The first-order valence-electron chi connectivity index (χ1n) is 5.92. The summed E-state index contributed by atoms with van der Waals surface area (Å²) in [5.74, 6) is 0.523. The molecule has 4 nitrogen and oxygen atoms in total. The number of amides is 1. The van der Waals surface area contributed by atoms with Crippen LogP contribution in [-0.2, 0) is 4.79 Å². The summed E-state index contributed by atoms with van der Waals surface area (Å²) >= 11 is 3.37. The lowest BCUT2D eigenvalue weighted by molar-refractivity contribution is -0.117. The predicted molar refractivity (Wildman–Crippen MR) is 79.5 cm³/mol. The Bertz CT molecular complexity index is 421. The summed E-state index contributed by atoms with van der Waals surface area (Å²) in [5.41, 5.74) is 7.05. The van der Waals surface area contributed by atoms with Crippen molar-refractivity contribution in [3.8, 4) is 0 Å². The van der Waals surface area contributed by atoms with Crippen molar-refractivity contribution in [1.29, 1.82) is 0 Å². The minimum absolute atomic E-state index is 0.0244. The second-order valence-corrected chi connectivity index (χ2v) is 5.73. The van der Waals surface area contributed by atoms with Crippen molar-refractivity contribution in [3.05, 3.63) is 22.7 Å². The third-order valence-corrected chi connectivity index (χ3v) is 3.01. The van der Waals surface area contributed by atoms with Crippen LogP contribution in [0.3, 0.4) is 0 Å². The van der Waals surface area contributed by atoms with Crippen molar-refractivity contribution >= 4 is 33.2 Å². The molecule has 3 N–H and O–H groups in total. The minimum Gasteiger partial charge on any atom is -0.399 e. The van der Waals surface area contributed by atoms with E-state index in [-0.39, 0.29) is 5.91 Å². The molecule has 0 atom stereocenters. The number of halogens is 1. The molecular weight excluding hydrogens is 294 g/mol. The second kappa shape index (κ2) is 6.75.